The van der Waals surface area contributed by atoms with E-state index in [0.717, 1.165) is 5.56 Å². The molecule has 17 heavy (non-hydrogen) atoms. The first-order valence-electron chi connectivity index (χ1n) is 5.13. The first-order valence-corrected chi connectivity index (χ1v) is 5.13. The summed E-state index contributed by atoms with van der Waals surface area (Å²) in [6.45, 7) is 1.71. The lowest BCUT2D eigenvalue weighted by atomic mass is 10.2. The summed E-state index contributed by atoms with van der Waals surface area (Å²) in [6.07, 6.45) is -0.830. The van der Waals surface area contributed by atoms with Crippen LogP contribution >= 0.6 is 0 Å². The minimum atomic E-state index is -0.981. The predicted molar refractivity (Wildman–Crippen MR) is 61.4 cm³/mol. The van der Waals surface area contributed by atoms with Crippen LogP contribution in [0.2, 0.25) is 0 Å². The van der Waals surface area contributed by atoms with Gasteiger partial charge in [-0.1, -0.05) is 6.07 Å². The van der Waals surface area contributed by atoms with Crippen molar-refractivity contribution in [2.24, 2.45) is 0 Å². The molecule has 0 radical (unpaired) electrons. The number of carboxylic acid groups (broad SMARTS) is 1. The van der Waals surface area contributed by atoms with Crippen molar-refractivity contribution in [3.63, 3.8) is 0 Å². The largest absolute Gasteiger partial charge is 0.493 e. The Hall–Kier alpha value is -1.75. The summed E-state index contributed by atoms with van der Waals surface area (Å²) in [6, 6.07) is 5.31. The van der Waals surface area contributed by atoms with E-state index in [0.29, 0.717) is 11.5 Å². The molecule has 1 atom stereocenters. The van der Waals surface area contributed by atoms with E-state index in [9.17, 15) is 4.79 Å². The molecule has 0 amide bonds. The van der Waals surface area contributed by atoms with Gasteiger partial charge in [-0.05, 0) is 24.6 Å². The van der Waals surface area contributed by atoms with E-state index >= 15 is 0 Å². The van der Waals surface area contributed by atoms with Crippen molar-refractivity contribution in [2.75, 3.05) is 14.2 Å². The lowest BCUT2D eigenvalue weighted by Crippen LogP contribution is -2.19. The summed E-state index contributed by atoms with van der Waals surface area (Å²) < 4.78 is 15.4. The summed E-state index contributed by atoms with van der Waals surface area (Å²) in [7, 11) is 3.10. The molecule has 0 saturated carbocycles. The molecule has 0 aliphatic carbocycles. The van der Waals surface area contributed by atoms with Gasteiger partial charge in [-0.3, -0.25) is 0 Å². The second-order valence-corrected chi connectivity index (χ2v) is 3.48. The SMILES string of the molecule is COc1ccc(COC(C)C(=O)O)cc1OC. The van der Waals surface area contributed by atoms with E-state index in [4.69, 9.17) is 19.3 Å². The fourth-order valence-corrected chi connectivity index (χ4v) is 1.26. The van der Waals surface area contributed by atoms with Crippen molar-refractivity contribution in [1.29, 1.82) is 0 Å². The summed E-state index contributed by atoms with van der Waals surface area (Å²) in [5.74, 6) is 0.240. The summed E-state index contributed by atoms with van der Waals surface area (Å²) in [5, 5.41) is 8.67. The lowest BCUT2D eigenvalue weighted by Gasteiger charge is -2.11. The molecule has 0 aromatic heterocycles. The average Bonchev–Trinajstić information content (AvgIpc) is 2.35. The highest BCUT2D eigenvalue weighted by atomic mass is 16.5. The third-order valence-corrected chi connectivity index (χ3v) is 2.30. The molecular weight excluding hydrogens is 224 g/mol. The lowest BCUT2D eigenvalue weighted by molar-refractivity contribution is -0.149. The molecule has 1 rings (SSSR count). The second-order valence-electron chi connectivity index (χ2n) is 3.48. The highest BCUT2D eigenvalue weighted by Crippen LogP contribution is 2.27. The quantitative estimate of drug-likeness (QED) is 0.819. The van der Waals surface area contributed by atoms with E-state index in [-0.39, 0.29) is 6.61 Å². The Morgan fingerprint density at radius 2 is 1.94 bits per heavy atom. The van der Waals surface area contributed by atoms with Gasteiger partial charge in [0, 0.05) is 0 Å². The second kappa shape index (κ2) is 6.10. The first-order chi connectivity index (χ1) is 8.08. The predicted octanol–water partition coefficient (Wildman–Crippen LogP) is 1.69. The van der Waals surface area contributed by atoms with E-state index in [1.54, 1.807) is 32.4 Å². The van der Waals surface area contributed by atoms with Crippen LogP contribution in [0.25, 0.3) is 0 Å². The van der Waals surface area contributed by atoms with Crippen LogP contribution in [-0.4, -0.2) is 31.4 Å². The Kier molecular flexibility index (Phi) is 4.78. The topological polar surface area (TPSA) is 65.0 Å². The van der Waals surface area contributed by atoms with E-state index in [2.05, 4.69) is 0 Å². The van der Waals surface area contributed by atoms with Gasteiger partial charge in [0.15, 0.2) is 17.6 Å². The normalized spacial score (nSPS) is 11.9. The standard InChI is InChI=1S/C12H16O5/c1-8(12(13)14)17-7-9-4-5-10(15-2)11(6-9)16-3/h4-6,8H,7H2,1-3H3,(H,13,14). The third-order valence-electron chi connectivity index (χ3n) is 2.30. The van der Waals surface area contributed by atoms with Crippen LogP contribution in [0, 0.1) is 0 Å². The molecule has 0 fully saturated rings. The molecular formula is C12H16O5. The first kappa shape index (κ1) is 13.3. The van der Waals surface area contributed by atoms with Crippen LogP contribution in [0.4, 0.5) is 0 Å². The number of aliphatic carboxylic acids is 1. The minimum absolute atomic E-state index is 0.216. The molecule has 5 heteroatoms. The van der Waals surface area contributed by atoms with Gasteiger partial charge in [-0.15, -0.1) is 0 Å². The summed E-state index contributed by atoms with van der Waals surface area (Å²) in [5.41, 5.74) is 0.829. The zero-order valence-electron chi connectivity index (χ0n) is 10.1. The van der Waals surface area contributed by atoms with E-state index < -0.39 is 12.1 Å². The molecule has 0 bridgehead atoms. The zero-order chi connectivity index (χ0) is 12.8. The number of methoxy groups -OCH3 is 2. The highest BCUT2D eigenvalue weighted by molar-refractivity contribution is 5.71. The van der Waals surface area contributed by atoms with Crippen LogP contribution in [0.15, 0.2) is 18.2 Å². The number of ether oxygens (including phenoxy) is 3. The van der Waals surface area contributed by atoms with Crippen molar-refractivity contribution in [1.82, 2.24) is 0 Å². The molecule has 1 aromatic rings. The zero-order valence-corrected chi connectivity index (χ0v) is 10.1. The number of rotatable bonds is 6. The molecule has 0 aliphatic heterocycles. The molecule has 0 spiro atoms. The number of hydrogen-bond acceptors (Lipinski definition) is 4. The molecule has 94 valence electrons. The number of hydrogen-bond donors (Lipinski definition) is 1. The Labute approximate surface area is 99.9 Å². The van der Waals surface area contributed by atoms with E-state index in [1.165, 1.54) is 6.92 Å². The molecule has 1 unspecified atom stereocenters. The molecule has 0 heterocycles. The number of benzene rings is 1. The highest BCUT2D eigenvalue weighted by Gasteiger charge is 2.11. The van der Waals surface area contributed by atoms with Gasteiger partial charge in [0.2, 0.25) is 0 Å². The van der Waals surface area contributed by atoms with Gasteiger partial charge in [-0.2, -0.15) is 0 Å². The maximum atomic E-state index is 10.6. The van der Waals surface area contributed by atoms with Crippen molar-refractivity contribution in [3.05, 3.63) is 23.8 Å². The molecule has 1 aromatic carbocycles. The Balaban J connectivity index is 2.69. The van der Waals surface area contributed by atoms with Gasteiger partial charge in [0.25, 0.3) is 0 Å². The summed E-state index contributed by atoms with van der Waals surface area (Å²) in [4.78, 5) is 10.6. The fourth-order valence-electron chi connectivity index (χ4n) is 1.26. The van der Waals surface area contributed by atoms with Gasteiger partial charge in [0.1, 0.15) is 0 Å². The summed E-state index contributed by atoms with van der Waals surface area (Å²) >= 11 is 0. The maximum Gasteiger partial charge on any atom is 0.332 e. The molecule has 1 N–H and O–H groups in total. The Morgan fingerprint density at radius 1 is 1.29 bits per heavy atom. The van der Waals surface area contributed by atoms with Crippen LogP contribution < -0.4 is 9.47 Å². The van der Waals surface area contributed by atoms with Crippen LogP contribution in [0.5, 0.6) is 11.5 Å². The smallest absolute Gasteiger partial charge is 0.332 e. The van der Waals surface area contributed by atoms with Gasteiger partial charge in [-0.25, -0.2) is 4.79 Å². The van der Waals surface area contributed by atoms with Crippen LogP contribution in [0.3, 0.4) is 0 Å². The fraction of sp³-hybridized carbons (Fsp3) is 0.417. The van der Waals surface area contributed by atoms with Gasteiger partial charge < -0.3 is 19.3 Å². The third kappa shape index (κ3) is 3.64. The van der Waals surface area contributed by atoms with Gasteiger partial charge >= 0.3 is 5.97 Å². The minimum Gasteiger partial charge on any atom is -0.493 e. The van der Waals surface area contributed by atoms with Crippen LogP contribution in [0.1, 0.15) is 12.5 Å². The number of carboxylic acids is 1. The molecule has 0 aliphatic rings. The van der Waals surface area contributed by atoms with Gasteiger partial charge in [0.05, 0.1) is 20.8 Å². The van der Waals surface area contributed by atoms with E-state index in [1.807, 2.05) is 0 Å². The van der Waals surface area contributed by atoms with Crippen LogP contribution in [-0.2, 0) is 16.1 Å². The molecule has 0 saturated heterocycles. The number of carbonyl (C=O) groups is 1. The molecule has 5 nitrogen and oxygen atoms in total. The van der Waals surface area contributed by atoms with Crippen molar-refractivity contribution < 1.29 is 24.1 Å². The average molecular weight is 240 g/mol. The van der Waals surface area contributed by atoms with Crippen molar-refractivity contribution in [2.45, 2.75) is 19.6 Å². The Morgan fingerprint density at radius 3 is 2.47 bits per heavy atom. The maximum absolute atomic E-state index is 10.6. The monoisotopic (exact) mass is 240 g/mol. The van der Waals surface area contributed by atoms with Crippen molar-refractivity contribution >= 4 is 5.97 Å². The van der Waals surface area contributed by atoms with Crippen molar-refractivity contribution in [3.8, 4) is 11.5 Å². The Bertz CT molecular complexity index is 388.